The Kier molecular flexibility index (Phi) is 6.53. The summed E-state index contributed by atoms with van der Waals surface area (Å²) in [5, 5.41) is 3.09. The van der Waals surface area contributed by atoms with Crippen molar-refractivity contribution in [2.75, 3.05) is 19.6 Å². The lowest BCUT2D eigenvalue weighted by Gasteiger charge is -2.33. The van der Waals surface area contributed by atoms with Gasteiger partial charge in [0.15, 0.2) is 0 Å². The van der Waals surface area contributed by atoms with Crippen molar-refractivity contribution in [1.29, 1.82) is 0 Å². The van der Waals surface area contributed by atoms with Gasteiger partial charge in [-0.15, -0.1) is 0 Å². The summed E-state index contributed by atoms with van der Waals surface area (Å²) in [6, 6.07) is 9.32. The van der Waals surface area contributed by atoms with E-state index in [0.29, 0.717) is 19.1 Å². The Labute approximate surface area is 174 Å². The first-order valence-corrected chi connectivity index (χ1v) is 11.5. The zero-order chi connectivity index (χ0) is 20.2. The van der Waals surface area contributed by atoms with E-state index in [4.69, 9.17) is 0 Å². The lowest BCUT2D eigenvalue weighted by Crippen LogP contribution is -2.45. The van der Waals surface area contributed by atoms with Crippen LogP contribution in [0.2, 0.25) is 0 Å². The van der Waals surface area contributed by atoms with E-state index in [9.17, 15) is 9.59 Å². The summed E-state index contributed by atoms with van der Waals surface area (Å²) in [7, 11) is 0. The van der Waals surface area contributed by atoms with Crippen LogP contribution in [0.1, 0.15) is 63.0 Å². The van der Waals surface area contributed by atoms with Gasteiger partial charge in [0.1, 0.15) is 0 Å². The Morgan fingerprint density at radius 3 is 2.41 bits per heavy atom. The summed E-state index contributed by atoms with van der Waals surface area (Å²) in [5.41, 5.74) is 2.48. The minimum Gasteiger partial charge on any atom is -0.352 e. The molecule has 2 aliphatic heterocycles. The highest BCUT2D eigenvalue weighted by molar-refractivity contribution is 5.83. The molecule has 2 saturated heterocycles. The third-order valence-electron chi connectivity index (χ3n) is 6.85. The van der Waals surface area contributed by atoms with Crippen LogP contribution in [0.4, 0.5) is 0 Å². The molecule has 2 heterocycles. The molecule has 4 rings (SSSR count). The number of benzene rings is 1. The van der Waals surface area contributed by atoms with Gasteiger partial charge >= 0.3 is 0 Å². The molecule has 1 N–H and O–H groups in total. The molecule has 2 amide bonds. The van der Waals surface area contributed by atoms with Crippen molar-refractivity contribution in [2.24, 2.45) is 11.8 Å². The van der Waals surface area contributed by atoms with E-state index in [1.807, 2.05) is 4.90 Å². The van der Waals surface area contributed by atoms with Crippen molar-refractivity contribution in [3.05, 3.63) is 35.4 Å². The van der Waals surface area contributed by atoms with Crippen molar-refractivity contribution < 1.29 is 9.59 Å². The van der Waals surface area contributed by atoms with E-state index in [2.05, 4.69) is 41.4 Å². The molecule has 5 nitrogen and oxygen atoms in total. The molecule has 0 aromatic heterocycles. The van der Waals surface area contributed by atoms with Gasteiger partial charge in [-0.1, -0.05) is 30.7 Å². The fourth-order valence-electron chi connectivity index (χ4n) is 4.70. The van der Waals surface area contributed by atoms with E-state index >= 15 is 0 Å². The molecule has 5 heteroatoms. The lowest BCUT2D eigenvalue weighted by atomic mass is 9.96. The lowest BCUT2D eigenvalue weighted by molar-refractivity contribution is -0.136. The first kappa shape index (κ1) is 20.4. The molecular formula is C24H35N3O2. The Morgan fingerprint density at radius 2 is 1.69 bits per heavy atom. The Balaban J connectivity index is 1.24. The second-order valence-corrected chi connectivity index (χ2v) is 9.25. The monoisotopic (exact) mass is 397 g/mol. The fourth-order valence-corrected chi connectivity index (χ4v) is 4.70. The number of hydrogen-bond acceptors (Lipinski definition) is 3. The van der Waals surface area contributed by atoms with Crippen LogP contribution in [-0.4, -0.2) is 47.3 Å². The predicted molar refractivity (Wildman–Crippen MR) is 114 cm³/mol. The van der Waals surface area contributed by atoms with Crippen molar-refractivity contribution in [1.82, 2.24) is 15.1 Å². The molecule has 29 heavy (non-hydrogen) atoms. The summed E-state index contributed by atoms with van der Waals surface area (Å²) in [5.74, 6) is 0.528. The number of carbonyl (C=O) groups is 2. The van der Waals surface area contributed by atoms with Gasteiger partial charge in [-0.25, -0.2) is 0 Å². The topological polar surface area (TPSA) is 52.7 Å². The van der Waals surface area contributed by atoms with Crippen LogP contribution in [0.3, 0.4) is 0 Å². The molecule has 0 spiro atoms. The second kappa shape index (κ2) is 9.29. The Bertz CT molecular complexity index is 713. The van der Waals surface area contributed by atoms with E-state index < -0.39 is 0 Å². The molecule has 0 bridgehead atoms. The molecule has 158 valence electrons. The van der Waals surface area contributed by atoms with E-state index in [1.54, 1.807) is 0 Å². The maximum absolute atomic E-state index is 12.6. The maximum Gasteiger partial charge on any atom is 0.225 e. The van der Waals surface area contributed by atoms with Gasteiger partial charge in [0, 0.05) is 38.1 Å². The Morgan fingerprint density at radius 1 is 0.931 bits per heavy atom. The van der Waals surface area contributed by atoms with Gasteiger partial charge in [-0.2, -0.15) is 0 Å². The highest BCUT2D eigenvalue weighted by Gasteiger charge is 2.36. The molecule has 3 fully saturated rings. The van der Waals surface area contributed by atoms with Crippen LogP contribution in [0.15, 0.2) is 24.3 Å². The van der Waals surface area contributed by atoms with Gasteiger partial charge < -0.3 is 10.2 Å². The van der Waals surface area contributed by atoms with Crippen LogP contribution in [0, 0.1) is 11.8 Å². The van der Waals surface area contributed by atoms with Crippen molar-refractivity contribution in [3.63, 3.8) is 0 Å². The summed E-state index contributed by atoms with van der Waals surface area (Å²) in [6.45, 7) is 6.51. The molecule has 2 atom stereocenters. The van der Waals surface area contributed by atoms with Gasteiger partial charge in [-0.3, -0.25) is 14.5 Å². The van der Waals surface area contributed by atoms with Gasteiger partial charge in [0.05, 0.1) is 5.92 Å². The number of likely N-dealkylation sites (tertiary alicyclic amines) is 2. The Hall–Kier alpha value is -1.88. The molecule has 0 radical (unpaired) electrons. The van der Waals surface area contributed by atoms with Crippen LogP contribution in [-0.2, 0) is 22.7 Å². The zero-order valence-electron chi connectivity index (χ0n) is 17.7. The molecule has 1 aromatic rings. The largest absolute Gasteiger partial charge is 0.352 e. The quantitative estimate of drug-likeness (QED) is 0.801. The average molecular weight is 398 g/mol. The normalized spacial score (nSPS) is 25.6. The zero-order valence-corrected chi connectivity index (χ0v) is 17.7. The fraction of sp³-hybridized carbons (Fsp3) is 0.667. The summed E-state index contributed by atoms with van der Waals surface area (Å²) < 4.78 is 0. The first-order chi connectivity index (χ1) is 14.1. The smallest absolute Gasteiger partial charge is 0.225 e. The molecule has 3 aliphatic rings. The van der Waals surface area contributed by atoms with Crippen molar-refractivity contribution in [2.45, 2.75) is 71.0 Å². The minimum atomic E-state index is -0.0636. The van der Waals surface area contributed by atoms with E-state index in [0.717, 1.165) is 44.3 Å². The molecule has 2 unspecified atom stereocenters. The third kappa shape index (κ3) is 5.39. The SMILES string of the molecule is CC1CCCCN1Cc1ccc(CNC(=O)C2CCCN(C(=O)C3CC3)C2)cc1. The number of carbonyl (C=O) groups excluding carboxylic acids is 2. The number of nitrogens with zero attached hydrogens (tertiary/aromatic N) is 2. The second-order valence-electron chi connectivity index (χ2n) is 9.25. The minimum absolute atomic E-state index is 0.0636. The van der Waals surface area contributed by atoms with Crippen LogP contribution in [0.25, 0.3) is 0 Å². The van der Waals surface area contributed by atoms with Crippen molar-refractivity contribution >= 4 is 11.8 Å². The number of amides is 2. The highest BCUT2D eigenvalue weighted by Crippen LogP contribution is 2.32. The third-order valence-corrected chi connectivity index (χ3v) is 6.85. The highest BCUT2D eigenvalue weighted by atomic mass is 16.2. The molecule has 1 aliphatic carbocycles. The summed E-state index contributed by atoms with van der Waals surface area (Å²) >= 11 is 0. The summed E-state index contributed by atoms with van der Waals surface area (Å²) in [6.07, 6.45) is 7.82. The van der Waals surface area contributed by atoms with E-state index in [1.165, 1.54) is 31.4 Å². The van der Waals surface area contributed by atoms with Crippen LogP contribution < -0.4 is 5.32 Å². The number of piperidine rings is 2. The predicted octanol–water partition coefficient (Wildman–Crippen LogP) is 3.33. The molecule has 1 saturated carbocycles. The van der Waals surface area contributed by atoms with Gasteiger partial charge in [0.25, 0.3) is 0 Å². The number of hydrogen-bond donors (Lipinski definition) is 1. The average Bonchev–Trinajstić information content (AvgIpc) is 3.60. The van der Waals surface area contributed by atoms with Gasteiger partial charge in [0.2, 0.25) is 11.8 Å². The standard InChI is InChI=1S/C24H35N3O2/c1-18-5-2-3-13-26(18)16-20-9-7-19(8-10-20)15-25-23(28)22-6-4-14-27(17-22)24(29)21-11-12-21/h7-10,18,21-22H,2-6,11-17H2,1H3,(H,25,28). The van der Waals surface area contributed by atoms with Crippen molar-refractivity contribution in [3.8, 4) is 0 Å². The first-order valence-electron chi connectivity index (χ1n) is 11.5. The maximum atomic E-state index is 12.6. The molecular weight excluding hydrogens is 362 g/mol. The molecule has 1 aromatic carbocycles. The summed E-state index contributed by atoms with van der Waals surface area (Å²) in [4.78, 5) is 29.4. The number of rotatable bonds is 6. The van der Waals surface area contributed by atoms with Crippen LogP contribution in [0.5, 0.6) is 0 Å². The number of nitrogens with one attached hydrogen (secondary N) is 1. The van der Waals surface area contributed by atoms with Crippen LogP contribution >= 0.6 is 0 Å². The van der Waals surface area contributed by atoms with Gasteiger partial charge in [-0.05, 0) is 63.1 Å². The van der Waals surface area contributed by atoms with E-state index in [-0.39, 0.29) is 23.7 Å².